The van der Waals surface area contributed by atoms with E-state index >= 15 is 0 Å². The number of fused-ring (bicyclic) bond motifs is 1. The summed E-state index contributed by atoms with van der Waals surface area (Å²) in [5.74, 6) is 1.87. The standard InChI is InChI=1S/C21H26N2O3/c1-23-18-4-3-5-19(21(18)22)26-17-10-9-15-12-14(6-8-16(15)13-17)7-11-20(24)25-2/h3-5,9-10,13-14,23H,6-8,11-12,22H2,1-2H3. The largest absolute Gasteiger partial charge is 0.469 e. The van der Waals surface area contributed by atoms with Crippen molar-refractivity contribution in [3.05, 3.63) is 47.5 Å². The van der Waals surface area contributed by atoms with E-state index in [0.29, 0.717) is 23.8 Å². The van der Waals surface area contributed by atoms with Gasteiger partial charge in [-0.15, -0.1) is 0 Å². The Balaban J connectivity index is 1.68. The van der Waals surface area contributed by atoms with Crippen LogP contribution < -0.4 is 15.8 Å². The quantitative estimate of drug-likeness (QED) is 0.602. The first-order valence-electron chi connectivity index (χ1n) is 9.03. The van der Waals surface area contributed by atoms with Crippen molar-refractivity contribution in [1.29, 1.82) is 0 Å². The van der Waals surface area contributed by atoms with Crippen LogP contribution in [0.1, 0.15) is 30.4 Å². The number of nitrogens with one attached hydrogen (secondary N) is 1. The molecular weight excluding hydrogens is 328 g/mol. The van der Waals surface area contributed by atoms with Crippen LogP contribution in [0, 0.1) is 5.92 Å². The van der Waals surface area contributed by atoms with Crippen molar-refractivity contribution in [3.8, 4) is 11.5 Å². The molecule has 0 aromatic heterocycles. The average molecular weight is 354 g/mol. The van der Waals surface area contributed by atoms with Crippen LogP contribution in [0.2, 0.25) is 0 Å². The van der Waals surface area contributed by atoms with Gasteiger partial charge in [0.15, 0.2) is 5.75 Å². The third-order valence-corrected chi connectivity index (χ3v) is 5.06. The van der Waals surface area contributed by atoms with E-state index in [-0.39, 0.29) is 5.97 Å². The summed E-state index contributed by atoms with van der Waals surface area (Å²) in [6.07, 6.45) is 4.48. The smallest absolute Gasteiger partial charge is 0.305 e. The van der Waals surface area contributed by atoms with Crippen molar-refractivity contribution in [3.63, 3.8) is 0 Å². The molecule has 2 aromatic carbocycles. The Hall–Kier alpha value is -2.69. The minimum Gasteiger partial charge on any atom is -0.469 e. The van der Waals surface area contributed by atoms with Crippen molar-refractivity contribution in [2.24, 2.45) is 5.92 Å². The summed E-state index contributed by atoms with van der Waals surface area (Å²) < 4.78 is 10.8. The highest BCUT2D eigenvalue weighted by Gasteiger charge is 2.20. The predicted octanol–water partition coefficient (Wildman–Crippen LogP) is 4.16. The van der Waals surface area contributed by atoms with Crippen LogP contribution in [0.15, 0.2) is 36.4 Å². The minimum absolute atomic E-state index is 0.124. The molecule has 0 aliphatic heterocycles. The summed E-state index contributed by atoms with van der Waals surface area (Å²) in [4.78, 5) is 11.3. The fourth-order valence-corrected chi connectivity index (χ4v) is 3.52. The fraction of sp³-hybridized carbons (Fsp3) is 0.381. The first-order chi connectivity index (χ1) is 12.6. The molecule has 0 saturated carbocycles. The van der Waals surface area contributed by atoms with E-state index in [1.807, 2.05) is 31.3 Å². The lowest BCUT2D eigenvalue weighted by Gasteiger charge is -2.25. The highest BCUT2D eigenvalue weighted by atomic mass is 16.5. The zero-order valence-corrected chi connectivity index (χ0v) is 15.4. The second-order valence-corrected chi connectivity index (χ2v) is 6.72. The molecule has 0 fully saturated rings. The fourth-order valence-electron chi connectivity index (χ4n) is 3.52. The Bertz CT molecular complexity index is 789. The molecule has 0 heterocycles. The molecule has 0 radical (unpaired) electrons. The number of para-hydroxylation sites is 1. The predicted molar refractivity (Wildman–Crippen MR) is 104 cm³/mol. The molecule has 1 aliphatic rings. The molecule has 0 bridgehead atoms. The molecule has 3 N–H and O–H groups in total. The molecule has 1 atom stereocenters. The molecule has 1 unspecified atom stereocenters. The number of hydrogen-bond donors (Lipinski definition) is 2. The highest BCUT2D eigenvalue weighted by Crippen LogP contribution is 2.35. The third kappa shape index (κ3) is 4.10. The average Bonchev–Trinajstić information content (AvgIpc) is 2.67. The zero-order chi connectivity index (χ0) is 18.5. The number of ether oxygens (including phenoxy) is 2. The minimum atomic E-state index is -0.124. The number of methoxy groups -OCH3 is 1. The van der Waals surface area contributed by atoms with Crippen molar-refractivity contribution >= 4 is 17.3 Å². The summed E-state index contributed by atoms with van der Waals surface area (Å²) in [6, 6.07) is 11.9. The number of esters is 1. The van der Waals surface area contributed by atoms with Crippen LogP contribution in [-0.2, 0) is 22.4 Å². The molecule has 0 amide bonds. The zero-order valence-electron chi connectivity index (χ0n) is 15.4. The number of anilines is 2. The SMILES string of the molecule is CNc1cccc(Oc2ccc3c(c2)CCC(CCC(=O)OC)C3)c1N. The first-order valence-corrected chi connectivity index (χ1v) is 9.03. The maximum Gasteiger partial charge on any atom is 0.305 e. The van der Waals surface area contributed by atoms with Crippen LogP contribution in [0.25, 0.3) is 0 Å². The lowest BCUT2D eigenvalue weighted by Crippen LogP contribution is -2.16. The summed E-state index contributed by atoms with van der Waals surface area (Å²) in [6.45, 7) is 0. The van der Waals surface area contributed by atoms with E-state index in [9.17, 15) is 4.79 Å². The Labute approximate surface area is 154 Å². The summed E-state index contributed by atoms with van der Waals surface area (Å²) in [7, 11) is 3.28. The lowest BCUT2D eigenvalue weighted by atomic mass is 9.81. The molecule has 0 spiro atoms. The van der Waals surface area contributed by atoms with Gasteiger partial charge in [0.05, 0.1) is 18.5 Å². The van der Waals surface area contributed by atoms with Crippen LogP contribution in [0.3, 0.4) is 0 Å². The van der Waals surface area contributed by atoms with Crippen LogP contribution in [-0.4, -0.2) is 20.1 Å². The molecule has 1 aliphatic carbocycles. The summed E-state index contributed by atoms with van der Waals surface area (Å²) in [5, 5.41) is 3.06. The second kappa shape index (κ2) is 8.13. The van der Waals surface area contributed by atoms with E-state index in [4.69, 9.17) is 15.2 Å². The first kappa shape index (κ1) is 18.1. The number of carbonyl (C=O) groups excluding carboxylic acids is 1. The van der Waals surface area contributed by atoms with Gasteiger partial charge in [0.1, 0.15) is 5.75 Å². The maximum atomic E-state index is 11.3. The number of carbonyl (C=O) groups is 1. The number of hydrogen-bond acceptors (Lipinski definition) is 5. The van der Waals surface area contributed by atoms with Crippen LogP contribution in [0.4, 0.5) is 11.4 Å². The number of nitrogen functional groups attached to an aromatic ring is 1. The van der Waals surface area contributed by atoms with E-state index in [2.05, 4.69) is 17.4 Å². The van der Waals surface area contributed by atoms with Gasteiger partial charge in [-0.2, -0.15) is 0 Å². The molecule has 3 rings (SSSR count). The number of rotatable bonds is 6. The van der Waals surface area contributed by atoms with Crippen molar-refractivity contribution in [2.75, 3.05) is 25.2 Å². The topological polar surface area (TPSA) is 73.6 Å². The molecule has 0 saturated heterocycles. The Morgan fingerprint density at radius 2 is 2.12 bits per heavy atom. The van der Waals surface area contributed by atoms with Gasteiger partial charge < -0.3 is 20.5 Å². The van der Waals surface area contributed by atoms with Crippen LogP contribution >= 0.6 is 0 Å². The van der Waals surface area contributed by atoms with Crippen molar-refractivity contribution in [2.45, 2.75) is 32.1 Å². The normalized spacial score (nSPS) is 15.8. The van der Waals surface area contributed by atoms with Gasteiger partial charge in [-0.25, -0.2) is 0 Å². The van der Waals surface area contributed by atoms with Crippen molar-refractivity contribution < 1.29 is 14.3 Å². The Morgan fingerprint density at radius 1 is 1.27 bits per heavy atom. The molecular formula is C21H26N2O3. The third-order valence-electron chi connectivity index (χ3n) is 5.06. The van der Waals surface area contributed by atoms with E-state index in [1.54, 1.807) is 0 Å². The number of benzene rings is 2. The molecule has 5 heteroatoms. The molecule has 5 nitrogen and oxygen atoms in total. The van der Waals surface area contributed by atoms with E-state index in [1.165, 1.54) is 18.2 Å². The Kier molecular flexibility index (Phi) is 5.66. The molecule has 2 aromatic rings. The van der Waals surface area contributed by atoms with Gasteiger partial charge in [0.2, 0.25) is 0 Å². The van der Waals surface area contributed by atoms with Gasteiger partial charge in [0, 0.05) is 13.5 Å². The van der Waals surface area contributed by atoms with Crippen molar-refractivity contribution in [1.82, 2.24) is 0 Å². The maximum absolute atomic E-state index is 11.3. The van der Waals surface area contributed by atoms with Gasteiger partial charge >= 0.3 is 5.97 Å². The monoisotopic (exact) mass is 354 g/mol. The van der Waals surface area contributed by atoms with E-state index < -0.39 is 0 Å². The summed E-state index contributed by atoms with van der Waals surface area (Å²) >= 11 is 0. The highest BCUT2D eigenvalue weighted by molar-refractivity contribution is 5.73. The van der Waals surface area contributed by atoms with Gasteiger partial charge in [0.25, 0.3) is 0 Å². The Morgan fingerprint density at radius 3 is 2.88 bits per heavy atom. The van der Waals surface area contributed by atoms with Gasteiger partial charge in [-0.05, 0) is 67.0 Å². The van der Waals surface area contributed by atoms with E-state index in [0.717, 1.165) is 37.1 Å². The molecule has 26 heavy (non-hydrogen) atoms. The summed E-state index contributed by atoms with van der Waals surface area (Å²) in [5.41, 5.74) is 10.3. The van der Waals surface area contributed by atoms with Gasteiger partial charge in [-0.3, -0.25) is 4.79 Å². The van der Waals surface area contributed by atoms with Gasteiger partial charge in [-0.1, -0.05) is 12.1 Å². The van der Waals surface area contributed by atoms with Crippen LogP contribution in [0.5, 0.6) is 11.5 Å². The number of nitrogens with two attached hydrogens (primary N) is 1. The lowest BCUT2D eigenvalue weighted by molar-refractivity contribution is -0.140. The number of aryl methyl sites for hydroxylation is 1. The second-order valence-electron chi connectivity index (χ2n) is 6.72. The molecule has 138 valence electrons.